The quantitative estimate of drug-likeness (QED) is 0.911. The molecule has 1 saturated heterocycles. The largest absolute Gasteiger partial charge is 0.573 e. The smallest absolute Gasteiger partial charge is 0.405 e. The molecule has 1 heterocycles. The van der Waals surface area contributed by atoms with Gasteiger partial charge < -0.3 is 15.4 Å². The van der Waals surface area contributed by atoms with Crippen molar-refractivity contribution in [3.63, 3.8) is 0 Å². The number of hydrogen-bond donors (Lipinski definition) is 1. The summed E-state index contributed by atoms with van der Waals surface area (Å²) in [5.41, 5.74) is 5.67. The summed E-state index contributed by atoms with van der Waals surface area (Å²) in [7, 11) is 0. The van der Waals surface area contributed by atoms with Gasteiger partial charge in [-0.05, 0) is 36.8 Å². The number of primary amides is 1. The number of carbonyl (C=O) groups is 2. The summed E-state index contributed by atoms with van der Waals surface area (Å²) in [6.07, 6.45) is -3.10. The minimum atomic E-state index is -4.78. The molecule has 2 N–H and O–H groups in total. The van der Waals surface area contributed by atoms with Crippen LogP contribution in [0.25, 0.3) is 0 Å². The van der Waals surface area contributed by atoms with E-state index in [9.17, 15) is 22.8 Å². The van der Waals surface area contributed by atoms with Gasteiger partial charge in [0, 0.05) is 12.5 Å². The van der Waals surface area contributed by atoms with E-state index >= 15 is 0 Å². The highest BCUT2D eigenvalue weighted by atomic mass is 19.4. The van der Waals surface area contributed by atoms with E-state index in [1.807, 2.05) is 0 Å². The average molecular weight is 342 g/mol. The van der Waals surface area contributed by atoms with E-state index in [2.05, 4.69) is 4.74 Å². The van der Waals surface area contributed by atoms with Crippen LogP contribution in [0.3, 0.4) is 0 Å². The van der Waals surface area contributed by atoms with Crippen LogP contribution >= 0.6 is 0 Å². The van der Waals surface area contributed by atoms with Crippen LogP contribution in [-0.2, 0) is 9.59 Å². The van der Waals surface area contributed by atoms with Crippen molar-refractivity contribution in [1.29, 1.82) is 0 Å². The molecule has 3 atom stereocenters. The van der Waals surface area contributed by atoms with Gasteiger partial charge in [-0.25, -0.2) is 0 Å². The Kier molecular flexibility index (Phi) is 4.15. The fourth-order valence-corrected chi connectivity index (χ4v) is 3.36. The third-order valence-electron chi connectivity index (χ3n) is 4.52. The van der Waals surface area contributed by atoms with Gasteiger partial charge in [-0.3, -0.25) is 9.59 Å². The maximum absolute atomic E-state index is 12.6. The number of rotatable bonds is 4. The number of carbonyl (C=O) groups excluding carboxylic acids is 2. The summed E-state index contributed by atoms with van der Waals surface area (Å²) in [5, 5.41) is 0. The molecule has 5 nitrogen and oxygen atoms in total. The van der Waals surface area contributed by atoms with E-state index < -0.39 is 24.2 Å². The summed E-state index contributed by atoms with van der Waals surface area (Å²) in [6, 6.07) is 5.23. The zero-order valence-electron chi connectivity index (χ0n) is 12.8. The van der Waals surface area contributed by atoms with E-state index in [-0.39, 0.29) is 17.6 Å². The van der Waals surface area contributed by atoms with E-state index in [1.165, 1.54) is 23.1 Å². The summed E-state index contributed by atoms with van der Waals surface area (Å²) >= 11 is 0. The van der Waals surface area contributed by atoms with E-state index in [4.69, 9.17) is 5.73 Å². The number of likely N-dealkylation sites (tertiary alicyclic amines) is 1. The van der Waals surface area contributed by atoms with Crippen LogP contribution in [0, 0.1) is 5.92 Å². The molecule has 0 bridgehead atoms. The average Bonchev–Trinajstić information content (AvgIpc) is 3.12. The van der Waals surface area contributed by atoms with Gasteiger partial charge in [-0.1, -0.05) is 18.2 Å². The molecule has 1 aliphatic carbocycles. The molecule has 0 spiro atoms. The van der Waals surface area contributed by atoms with Crippen LogP contribution in [0.4, 0.5) is 13.2 Å². The number of ether oxygens (including phenoxy) is 1. The molecule has 3 rings (SSSR count). The van der Waals surface area contributed by atoms with Crippen LogP contribution in [0.1, 0.15) is 30.7 Å². The molecule has 24 heavy (non-hydrogen) atoms. The predicted molar refractivity (Wildman–Crippen MR) is 77.9 cm³/mol. The van der Waals surface area contributed by atoms with Gasteiger partial charge in [0.2, 0.25) is 11.8 Å². The van der Waals surface area contributed by atoms with Crippen molar-refractivity contribution in [2.45, 2.75) is 37.6 Å². The Morgan fingerprint density at radius 1 is 1.25 bits per heavy atom. The monoisotopic (exact) mass is 342 g/mol. The van der Waals surface area contributed by atoms with Gasteiger partial charge in [0.1, 0.15) is 11.8 Å². The molecule has 0 aromatic heterocycles. The molecule has 1 saturated carbocycles. The molecule has 1 aliphatic heterocycles. The second-order valence-electron chi connectivity index (χ2n) is 6.13. The Balaban J connectivity index is 1.74. The molecule has 8 heteroatoms. The topological polar surface area (TPSA) is 72.6 Å². The first-order chi connectivity index (χ1) is 11.3. The van der Waals surface area contributed by atoms with Gasteiger partial charge in [-0.15, -0.1) is 13.2 Å². The van der Waals surface area contributed by atoms with Gasteiger partial charge >= 0.3 is 6.36 Å². The highest BCUT2D eigenvalue weighted by Gasteiger charge is 2.49. The molecular formula is C16H17F3N2O3. The Labute approximate surface area is 136 Å². The molecule has 2 fully saturated rings. The van der Waals surface area contributed by atoms with Gasteiger partial charge in [-0.2, -0.15) is 0 Å². The number of alkyl halides is 3. The summed E-state index contributed by atoms with van der Waals surface area (Å²) in [5.74, 6) is -1.80. The van der Waals surface area contributed by atoms with E-state index in [0.29, 0.717) is 31.4 Å². The first-order valence-electron chi connectivity index (χ1n) is 7.72. The highest BCUT2D eigenvalue weighted by molar-refractivity contribution is 5.90. The second-order valence-corrected chi connectivity index (χ2v) is 6.13. The molecule has 130 valence electrons. The SMILES string of the molecule is NC(=O)[C@@H]1CCCN1C(=O)[C@@H]1C[C@H]1c1ccccc1OC(F)(F)F. The summed E-state index contributed by atoms with van der Waals surface area (Å²) in [6.45, 7) is 0.455. The van der Waals surface area contributed by atoms with Crippen LogP contribution < -0.4 is 10.5 Å². The number of benzene rings is 1. The number of halogens is 3. The van der Waals surface area contributed by atoms with Crippen molar-refractivity contribution >= 4 is 11.8 Å². The lowest BCUT2D eigenvalue weighted by molar-refractivity contribution is -0.274. The number of hydrogen-bond acceptors (Lipinski definition) is 3. The van der Waals surface area contributed by atoms with Crippen molar-refractivity contribution in [3.05, 3.63) is 29.8 Å². The minimum absolute atomic E-state index is 0.219. The number of amides is 2. The Morgan fingerprint density at radius 3 is 2.62 bits per heavy atom. The maximum Gasteiger partial charge on any atom is 0.573 e. The number of nitrogens with zero attached hydrogens (tertiary/aromatic N) is 1. The second kappa shape index (κ2) is 5.99. The first-order valence-corrected chi connectivity index (χ1v) is 7.72. The van der Waals surface area contributed by atoms with Crippen molar-refractivity contribution in [3.8, 4) is 5.75 Å². The van der Waals surface area contributed by atoms with Crippen LogP contribution in [0.15, 0.2) is 24.3 Å². The zero-order chi connectivity index (χ0) is 17.5. The number of para-hydroxylation sites is 1. The van der Waals surface area contributed by atoms with Crippen molar-refractivity contribution < 1.29 is 27.5 Å². The van der Waals surface area contributed by atoms with Crippen molar-refractivity contribution in [1.82, 2.24) is 4.90 Å². The molecule has 0 unspecified atom stereocenters. The molecule has 1 aromatic rings. The third-order valence-corrected chi connectivity index (χ3v) is 4.52. The highest BCUT2D eigenvalue weighted by Crippen LogP contribution is 2.52. The normalized spacial score (nSPS) is 26.3. The minimum Gasteiger partial charge on any atom is -0.405 e. The molecular weight excluding hydrogens is 325 g/mol. The van der Waals surface area contributed by atoms with Crippen LogP contribution in [0.5, 0.6) is 5.75 Å². The third kappa shape index (κ3) is 3.32. The lowest BCUT2D eigenvalue weighted by Crippen LogP contribution is -2.44. The molecule has 1 aromatic carbocycles. The summed E-state index contributed by atoms with van der Waals surface area (Å²) < 4.78 is 41.5. The zero-order valence-corrected chi connectivity index (χ0v) is 12.8. The van der Waals surface area contributed by atoms with E-state index in [1.54, 1.807) is 6.07 Å². The molecule has 2 aliphatic rings. The predicted octanol–water partition coefficient (Wildman–Crippen LogP) is 2.17. The lowest BCUT2D eigenvalue weighted by Gasteiger charge is -2.22. The van der Waals surface area contributed by atoms with E-state index in [0.717, 1.165) is 0 Å². The Bertz CT molecular complexity index is 662. The first kappa shape index (κ1) is 16.6. The van der Waals surface area contributed by atoms with Gasteiger partial charge in [0.25, 0.3) is 0 Å². The standard InChI is InChI=1S/C16H17F3N2O3/c17-16(18,19)24-13-6-2-1-4-9(13)10-8-11(10)15(23)21-7-3-5-12(21)14(20)22/h1-2,4,6,10-12H,3,5,7-8H2,(H2,20,22)/t10-,11+,12-/m0/s1. The lowest BCUT2D eigenvalue weighted by atomic mass is 10.1. The van der Waals surface area contributed by atoms with Gasteiger partial charge in [0.15, 0.2) is 0 Å². The molecule has 2 amide bonds. The summed E-state index contributed by atoms with van der Waals surface area (Å²) in [4.78, 5) is 25.4. The Morgan fingerprint density at radius 2 is 1.96 bits per heavy atom. The Hall–Kier alpha value is -2.25. The van der Waals surface area contributed by atoms with Gasteiger partial charge in [0.05, 0.1) is 0 Å². The van der Waals surface area contributed by atoms with Crippen LogP contribution in [0.2, 0.25) is 0 Å². The fourth-order valence-electron chi connectivity index (χ4n) is 3.36. The number of nitrogens with two attached hydrogens (primary N) is 1. The molecule has 0 radical (unpaired) electrons. The van der Waals surface area contributed by atoms with Crippen LogP contribution in [-0.4, -0.2) is 35.7 Å². The van der Waals surface area contributed by atoms with Crippen molar-refractivity contribution in [2.24, 2.45) is 11.7 Å². The van der Waals surface area contributed by atoms with Crippen molar-refractivity contribution in [2.75, 3.05) is 6.54 Å². The fraction of sp³-hybridized carbons (Fsp3) is 0.500. The maximum atomic E-state index is 12.6.